The molecule has 1 heterocycles. The molecule has 3 N–H and O–H groups in total. The number of nitrogens with one attached hydrogen (secondary N) is 2. The number of sulfonamides is 1. The van der Waals surface area contributed by atoms with E-state index in [1.807, 2.05) is 13.8 Å². The third-order valence-corrected chi connectivity index (χ3v) is 9.29. The molecule has 3 aromatic carbocycles. The van der Waals surface area contributed by atoms with Crippen molar-refractivity contribution in [2.45, 2.75) is 37.8 Å². The van der Waals surface area contributed by atoms with Crippen LogP contribution in [0.1, 0.15) is 29.8 Å². The number of rotatable bonds is 9. The molecule has 0 saturated heterocycles. The number of anilines is 2. The number of methoxy groups -OCH3 is 1. The number of carbonyl (C=O) groups excluding carboxylic acids is 2. The van der Waals surface area contributed by atoms with E-state index in [9.17, 15) is 23.1 Å². The van der Waals surface area contributed by atoms with E-state index in [0.717, 1.165) is 5.56 Å². The highest BCUT2D eigenvalue weighted by atomic mass is 32.2. The number of carbonyl (C=O) groups is 2. The summed E-state index contributed by atoms with van der Waals surface area (Å²) in [5.41, 5.74) is 1.88. The highest BCUT2D eigenvalue weighted by Gasteiger charge is 2.36. The van der Waals surface area contributed by atoms with Gasteiger partial charge in [0, 0.05) is 25.2 Å². The van der Waals surface area contributed by atoms with Gasteiger partial charge < -0.3 is 30.1 Å². The molecule has 230 valence electrons. The third-order valence-electron chi connectivity index (χ3n) is 7.45. The lowest BCUT2D eigenvalue weighted by atomic mass is 9.99. The van der Waals surface area contributed by atoms with Gasteiger partial charge in [-0.15, -0.1) is 0 Å². The summed E-state index contributed by atoms with van der Waals surface area (Å²) in [4.78, 5) is 28.4. The van der Waals surface area contributed by atoms with E-state index in [-0.39, 0.29) is 53.4 Å². The fourth-order valence-electron chi connectivity index (χ4n) is 4.76. The lowest BCUT2D eigenvalue weighted by Gasteiger charge is -2.38. The smallest absolute Gasteiger partial charge is 0.323 e. The topological polar surface area (TPSA) is 138 Å². The van der Waals surface area contributed by atoms with Crippen molar-refractivity contribution >= 4 is 33.3 Å². The van der Waals surface area contributed by atoms with Crippen molar-refractivity contribution in [2.24, 2.45) is 5.92 Å². The number of hydrogen-bond donors (Lipinski definition) is 3. The summed E-state index contributed by atoms with van der Waals surface area (Å²) in [6.07, 6.45) is -0.710. The van der Waals surface area contributed by atoms with Gasteiger partial charge in [-0.2, -0.15) is 4.31 Å². The van der Waals surface area contributed by atoms with Crippen molar-refractivity contribution < 1.29 is 32.6 Å². The van der Waals surface area contributed by atoms with Crippen LogP contribution in [0.4, 0.5) is 16.2 Å². The molecule has 0 saturated carbocycles. The van der Waals surface area contributed by atoms with Crippen LogP contribution in [0.2, 0.25) is 0 Å². The summed E-state index contributed by atoms with van der Waals surface area (Å²) in [5.74, 6) is 0.0355. The first kappa shape index (κ1) is 31.8. The van der Waals surface area contributed by atoms with Crippen LogP contribution in [-0.2, 0) is 10.0 Å². The number of fused-ring (bicyclic) bond motifs is 1. The molecule has 0 spiro atoms. The zero-order chi connectivity index (χ0) is 31.3. The minimum absolute atomic E-state index is 0.0290. The van der Waals surface area contributed by atoms with Crippen molar-refractivity contribution in [3.63, 3.8) is 0 Å². The quantitative estimate of drug-likeness (QED) is 0.330. The second kappa shape index (κ2) is 13.4. The van der Waals surface area contributed by atoms with E-state index in [0.29, 0.717) is 11.4 Å². The largest absolute Gasteiger partial charge is 0.497 e. The summed E-state index contributed by atoms with van der Waals surface area (Å²) in [6.45, 7) is 5.41. The van der Waals surface area contributed by atoms with E-state index in [4.69, 9.17) is 9.47 Å². The highest BCUT2D eigenvalue weighted by molar-refractivity contribution is 7.89. The Labute approximate surface area is 252 Å². The molecule has 0 bridgehead atoms. The SMILES string of the molecule is COc1ccc(NC(=O)Nc2cccc3c2O[C@H](CN(C)S(=O)(=O)c2ccc(C)cc2)[C@H](C)CN([C@@H](C)CO)C3=O)cc1. The second-order valence-electron chi connectivity index (χ2n) is 10.7. The summed E-state index contributed by atoms with van der Waals surface area (Å²) >= 11 is 0. The number of urea groups is 1. The van der Waals surface area contributed by atoms with Gasteiger partial charge >= 0.3 is 6.03 Å². The molecule has 3 atom stereocenters. The van der Waals surface area contributed by atoms with Crippen LogP contribution in [0.15, 0.2) is 71.6 Å². The van der Waals surface area contributed by atoms with Crippen LogP contribution >= 0.6 is 0 Å². The Hall–Kier alpha value is -4.13. The normalized spacial score (nSPS) is 17.7. The first-order chi connectivity index (χ1) is 20.4. The Morgan fingerprint density at radius 1 is 1.12 bits per heavy atom. The molecule has 0 aromatic heterocycles. The fraction of sp³-hybridized carbons (Fsp3) is 0.355. The number of aliphatic hydroxyl groups is 1. The molecule has 12 heteroatoms. The maximum Gasteiger partial charge on any atom is 0.323 e. The number of amides is 3. The van der Waals surface area contributed by atoms with Gasteiger partial charge in [-0.3, -0.25) is 4.79 Å². The Kier molecular flexibility index (Phi) is 9.95. The molecule has 0 unspecified atom stereocenters. The Bertz CT molecular complexity index is 1550. The molecule has 0 radical (unpaired) electrons. The number of para-hydroxylation sites is 1. The molecule has 3 amide bonds. The Morgan fingerprint density at radius 2 is 1.79 bits per heavy atom. The van der Waals surface area contributed by atoms with Crippen LogP contribution < -0.4 is 20.1 Å². The predicted molar refractivity (Wildman–Crippen MR) is 164 cm³/mol. The second-order valence-corrected chi connectivity index (χ2v) is 12.8. The van der Waals surface area contributed by atoms with Gasteiger partial charge in [0.05, 0.1) is 42.4 Å². The average molecular weight is 611 g/mol. The van der Waals surface area contributed by atoms with E-state index in [1.165, 1.54) is 11.4 Å². The zero-order valence-corrected chi connectivity index (χ0v) is 25.7. The molecule has 0 aliphatic carbocycles. The zero-order valence-electron chi connectivity index (χ0n) is 24.9. The van der Waals surface area contributed by atoms with Crippen LogP contribution in [0.5, 0.6) is 11.5 Å². The number of ether oxygens (including phenoxy) is 2. The maximum atomic E-state index is 13.7. The summed E-state index contributed by atoms with van der Waals surface area (Å²) in [7, 11) is -0.816. The van der Waals surface area contributed by atoms with Crippen molar-refractivity contribution in [1.82, 2.24) is 9.21 Å². The molecule has 1 aliphatic heterocycles. The number of likely N-dealkylation sites (N-methyl/N-ethyl adjacent to an activating group) is 1. The van der Waals surface area contributed by atoms with E-state index in [2.05, 4.69) is 10.6 Å². The van der Waals surface area contributed by atoms with Crippen LogP contribution in [0.25, 0.3) is 0 Å². The van der Waals surface area contributed by atoms with Gasteiger partial charge in [-0.1, -0.05) is 30.7 Å². The van der Waals surface area contributed by atoms with Gasteiger partial charge in [-0.05, 0) is 62.4 Å². The summed E-state index contributed by atoms with van der Waals surface area (Å²) in [6, 6.07) is 17.1. The van der Waals surface area contributed by atoms with Gasteiger partial charge in [0.25, 0.3) is 5.91 Å². The van der Waals surface area contributed by atoms with Gasteiger partial charge in [0.2, 0.25) is 10.0 Å². The highest BCUT2D eigenvalue weighted by Crippen LogP contribution is 2.35. The van der Waals surface area contributed by atoms with Crippen LogP contribution in [0, 0.1) is 12.8 Å². The minimum atomic E-state index is -3.85. The number of benzene rings is 3. The summed E-state index contributed by atoms with van der Waals surface area (Å²) in [5, 5.41) is 15.4. The molecule has 3 aromatic rings. The van der Waals surface area contributed by atoms with Gasteiger partial charge in [-0.25, -0.2) is 13.2 Å². The summed E-state index contributed by atoms with van der Waals surface area (Å²) < 4.78 is 39.7. The standard InChI is InChI=1S/C31H38N4O7S/c1-20-9-15-25(16-10-20)43(39,40)34(4)18-28-21(2)17-35(22(3)19-36)30(37)26-7-6-8-27(29(26)42-28)33-31(38)32-23-11-13-24(41-5)14-12-23/h6-16,21-22,28,36H,17-19H2,1-5H3,(H2,32,33,38)/t21-,22+,28-/m1/s1. The Balaban J connectivity index is 1.67. The number of aryl methyl sites for hydroxylation is 1. The number of aliphatic hydroxyl groups excluding tert-OH is 1. The third kappa shape index (κ3) is 7.27. The first-order valence-electron chi connectivity index (χ1n) is 13.9. The molecular weight excluding hydrogens is 572 g/mol. The molecule has 0 fully saturated rings. The van der Waals surface area contributed by atoms with Crippen molar-refractivity contribution in [2.75, 3.05) is 44.5 Å². The fourth-order valence-corrected chi connectivity index (χ4v) is 5.94. The van der Waals surface area contributed by atoms with Crippen molar-refractivity contribution in [1.29, 1.82) is 0 Å². The van der Waals surface area contributed by atoms with E-state index >= 15 is 0 Å². The molecular formula is C31H38N4O7S. The Morgan fingerprint density at radius 3 is 2.42 bits per heavy atom. The molecule has 43 heavy (non-hydrogen) atoms. The lowest BCUT2D eigenvalue weighted by Crippen LogP contribution is -2.50. The molecule has 11 nitrogen and oxygen atoms in total. The van der Waals surface area contributed by atoms with Crippen LogP contribution in [0.3, 0.4) is 0 Å². The van der Waals surface area contributed by atoms with E-state index < -0.39 is 28.2 Å². The van der Waals surface area contributed by atoms with Crippen LogP contribution in [-0.4, -0.2) is 80.7 Å². The van der Waals surface area contributed by atoms with E-state index in [1.54, 1.807) is 85.7 Å². The minimum Gasteiger partial charge on any atom is -0.497 e. The average Bonchev–Trinajstić information content (AvgIpc) is 2.99. The number of hydrogen-bond acceptors (Lipinski definition) is 7. The monoisotopic (exact) mass is 610 g/mol. The number of nitrogens with zero attached hydrogens (tertiary/aromatic N) is 2. The predicted octanol–water partition coefficient (Wildman–Crippen LogP) is 4.19. The van der Waals surface area contributed by atoms with Gasteiger partial charge in [0.1, 0.15) is 11.9 Å². The molecule has 4 rings (SSSR count). The maximum absolute atomic E-state index is 13.7. The van der Waals surface area contributed by atoms with Gasteiger partial charge in [0.15, 0.2) is 5.75 Å². The lowest BCUT2D eigenvalue weighted by molar-refractivity contribution is 0.0389. The van der Waals surface area contributed by atoms with Crippen molar-refractivity contribution in [3.8, 4) is 11.5 Å². The molecule has 1 aliphatic rings. The van der Waals surface area contributed by atoms with Crippen molar-refractivity contribution in [3.05, 3.63) is 77.9 Å². The first-order valence-corrected chi connectivity index (χ1v) is 15.3.